The van der Waals surface area contributed by atoms with Gasteiger partial charge in [-0.1, -0.05) is 36.4 Å². The molecule has 146 valence electrons. The summed E-state index contributed by atoms with van der Waals surface area (Å²) < 4.78 is 7.61. The smallest absolute Gasteiger partial charge is 0.253 e. The zero-order chi connectivity index (χ0) is 20.2. The van der Waals surface area contributed by atoms with Crippen LogP contribution in [-0.4, -0.2) is 22.0 Å². The number of aromatic nitrogens is 2. The summed E-state index contributed by atoms with van der Waals surface area (Å²) in [5.74, 6) is 0.696. The minimum Gasteiger partial charge on any atom is -0.467 e. The van der Waals surface area contributed by atoms with Crippen molar-refractivity contribution in [2.24, 2.45) is 0 Å². The molecular formula is C23H21N3O2S. The minimum absolute atomic E-state index is 0.125. The van der Waals surface area contributed by atoms with E-state index in [-0.39, 0.29) is 5.91 Å². The van der Waals surface area contributed by atoms with Crippen molar-refractivity contribution in [1.82, 2.24) is 14.9 Å². The summed E-state index contributed by atoms with van der Waals surface area (Å²) >= 11 is 1.59. The summed E-state index contributed by atoms with van der Waals surface area (Å²) in [6, 6.07) is 15.8. The van der Waals surface area contributed by atoms with Crippen LogP contribution in [0.2, 0.25) is 0 Å². The van der Waals surface area contributed by atoms with Gasteiger partial charge >= 0.3 is 0 Å². The quantitative estimate of drug-likeness (QED) is 0.435. The Balaban J connectivity index is 1.76. The number of nitrogens with one attached hydrogen (secondary N) is 1. The molecule has 1 aromatic carbocycles. The number of furan rings is 1. The largest absolute Gasteiger partial charge is 0.467 e. The van der Waals surface area contributed by atoms with Gasteiger partial charge in [-0.05, 0) is 25.1 Å². The van der Waals surface area contributed by atoms with Gasteiger partial charge in [0.05, 0.1) is 29.8 Å². The fraction of sp³-hybridized carbons (Fsp3) is 0.130. The standard InChI is InChI=1S/C23H21N3O2S/c1-3-11-24-22(27)19-13-21(26(16(19)2)14-18-10-7-12-28-18)20-15-29-23(25-20)17-8-5-4-6-9-17/h3-10,12-13,15H,1,11,14H2,2H3,(H,24,27). The maximum Gasteiger partial charge on any atom is 0.253 e. The van der Waals surface area contributed by atoms with Crippen LogP contribution in [0.4, 0.5) is 0 Å². The van der Waals surface area contributed by atoms with E-state index in [4.69, 9.17) is 9.40 Å². The third-order valence-electron chi connectivity index (χ3n) is 4.70. The lowest BCUT2D eigenvalue weighted by molar-refractivity contribution is 0.0957. The zero-order valence-electron chi connectivity index (χ0n) is 16.1. The molecule has 0 aliphatic rings. The molecule has 3 aromatic heterocycles. The molecule has 0 radical (unpaired) electrons. The molecule has 0 bridgehead atoms. The average molecular weight is 404 g/mol. The Morgan fingerprint density at radius 1 is 1.28 bits per heavy atom. The molecule has 5 nitrogen and oxygen atoms in total. The highest BCUT2D eigenvalue weighted by atomic mass is 32.1. The molecule has 3 heterocycles. The summed E-state index contributed by atoms with van der Waals surface area (Å²) in [5, 5.41) is 5.83. The number of carbonyl (C=O) groups is 1. The fourth-order valence-electron chi connectivity index (χ4n) is 3.21. The second-order valence-corrected chi connectivity index (χ2v) is 7.45. The highest BCUT2D eigenvalue weighted by Crippen LogP contribution is 2.32. The Kier molecular flexibility index (Phi) is 5.44. The van der Waals surface area contributed by atoms with Crippen LogP contribution in [0.25, 0.3) is 22.0 Å². The van der Waals surface area contributed by atoms with Crippen molar-refractivity contribution in [3.05, 3.63) is 89.8 Å². The monoisotopic (exact) mass is 403 g/mol. The topological polar surface area (TPSA) is 60.1 Å². The Labute approximate surface area is 173 Å². The van der Waals surface area contributed by atoms with Crippen molar-refractivity contribution in [2.75, 3.05) is 6.54 Å². The van der Waals surface area contributed by atoms with Crippen LogP contribution in [0.5, 0.6) is 0 Å². The van der Waals surface area contributed by atoms with Gasteiger partial charge in [0.2, 0.25) is 0 Å². The predicted octanol–water partition coefficient (Wildman–Crippen LogP) is 5.14. The summed E-state index contributed by atoms with van der Waals surface area (Å²) in [7, 11) is 0. The van der Waals surface area contributed by atoms with Gasteiger partial charge < -0.3 is 14.3 Å². The zero-order valence-corrected chi connectivity index (χ0v) is 16.9. The molecule has 29 heavy (non-hydrogen) atoms. The molecule has 0 spiro atoms. The molecule has 0 fully saturated rings. The van der Waals surface area contributed by atoms with E-state index in [0.717, 1.165) is 33.4 Å². The first-order chi connectivity index (χ1) is 14.2. The predicted molar refractivity (Wildman–Crippen MR) is 116 cm³/mol. The van der Waals surface area contributed by atoms with E-state index in [1.807, 2.05) is 60.8 Å². The summed E-state index contributed by atoms with van der Waals surface area (Å²) in [6.07, 6.45) is 3.32. The Bertz CT molecular complexity index is 1120. The molecular weight excluding hydrogens is 382 g/mol. The van der Waals surface area contributed by atoms with Gasteiger partial charge in [-0.3, -0.25) is 4.79 Å². The van der Waals surface area contributed by atoms with Crippen LogP contribution in [0.3, 0.4) is 0 Å². The SMILES string of the molecule is C=CCNC(=O)c1cc(-c2csc(-c3ccccc3)n2)n(Cc2ccco2)c1C. The van der Waals surface area contributed by atoms with Gasteiger partial charge in [0.1, 0.15) is 10.8 Å². The van der Waals surface area contributed by atoms with Crippen LogP contribution in [0.1, 0.15) is 21.8 Å². The number of rotatable bonds is 7. The minimum atomic E-state index is -0.125. The van der Waals surface area contributed by atoms with E-state index in [2.05, 4.69) is 16.5 Å². The molecule has 4 aromatic rings. The van der Waals surface area contributed by atoms with E-state index < -0.39 is 0 Å². The molecule has 0 aliphatic carbocycles. The third-order valence-corrected chi connectivity index (χ3v) is 5.59. The summed E-state index contributed by atoms with van der Waals surface area (Å²) in [6.45, 7) is 6.56. The van der Waals surface area contributed by atoms with Crippen molar-refractivity contribution in [2.45, 2.75) is 13.5 Å². The van der Waals surface area contributed by atoms with E-state index in [0.29, 0.717) is 18.7 Å². The first-order valence-corrected chi connectivity index (χ1v) is 10.2. The van der Waals surface area contributed by atoms with Crippen LogP contribution in [0.15, 0.2) is 77.2 Å². The van der Waals surface area contributed by atoms with Crippen molar-refractivity contribution in [3.63, 3.8) is 0 Å². The van der Waals surface area contributed by atoms with Gasteiger partial charge in [0.15, 0.2) is 0 Å². The van der Waals surface area contributed by atoms with Gasteiger partial charge in [0.25, 0.3) is 5.91 Å². The van der Waals surface area contributed by atoms with Crippen molar-refractivity contribution >= 4 is 17.2 Å². The molecule has 6 heteroatoms. The van der Waals surface area contributed by atoms with E-state index >= 15 is 0 Å². The van der Waals surface area contributed by atoms with Gasteiger partial charge in [-0.25, -0.2) is 4.98 Å². The van der Waals surface area contributed by atoms with Crippen LogP contribution < -0.4 is 5.32 Å². The van der Waals surface area contributed by atoms with E-state index in [1.165, 1.54) is 0 Å². The fourth-order valence-corrected chi connectivity index (χ4v) is 4.03. The molecule has 0 unspecified atom stereocenters. The summed E-state index contributed by atoms with van der Waals surface area (Å²) in [5.41, 5.74) is 4.30. The van der Waals surface area contributed by atoms with Gasteiger partial charge in [-0.15, -0.1) is 17.9 Å². The molecule has 0 aliphatic heterocycles. The number of nitrogens with zero attached hydrogens (tertiary/aromatic N) is 2. The van der Waals surface area contributed by atoms with Gasteiger partial charge in [0, 0.05) is 23.2 Å². The normalized spacial score (nSPS) is 10.8. The number of amides is 1. The molecule has 1 amide bonds. The Hall–Kier alpha value is -3.38. The first kappa shape index (κ1) is 19.0. The molecule has 0 saturated carbocycles. The lowest BCUT2D eigenvalue weighted by atomic mass is 10.2. The Morgan fingerprint density at radius 3 is 2.83 bits per heavy atom. The highest BCUT2D eigenvalue weighted by Gasteiger charge is 2.20. The van der Waals surface area contributed by atoms with Gasteiger partial charge in [-0.2, -0.15) is 0 Å². The third kappa shape index (κ3) is 3.93. The number of benzene rings is 1. The van der Waals surface area contributed by atoms with Crippen LogP contribution in [0, 0.1) is 6.92 Å². The second-order valence-electron chi connectivity index (χ2n) is 6.60. The number of carbonyl (C=O) groups excluding carboxylic acids is 1. The number of thiazole rings is 1. The van der Waals surface area contributed by atoms with Crippen molar-refractivity contribution in [3.8, 4) is 22.0 Å². The Morgan fingerprint density at radius 2 is 2.10 bits per heavy atom. The molecule has 4 rings (SSSR count). The lowest BCUT2D eigenvalue weighted by Gasteiger charge is -2.09. The average Bonchev–Trinajstić information content (AvgIpc) is 3.49. The van der Waals surface area contributed by atoms with Crippen LogP contribution >= 0.6 is 11.3 Å². The lowest BCUT2D eigenvalue weighted by Crippen LogP contribution is -2.23. The number of hydrogen-bond acceptors (Lipinski definition) is 4. The highest BCUT2D eigenvalue weighted by molar-refractivity contribution is 7.13. The summed E-state index contributed by atoms with van der Waals surface area (Å²) in [4.78, 5) is 17.5. The van der Waals surface area contributed by atoms with Crippen LogP contribution in [-0.2, 0) is 6.54 Å². The second kappa shape index (κ2) is 8.32. The molecule has 1 N–H and O–H groups in total. The van der Waals surface area contributed by atoms with E-state index in [9.17, 15) is 4.79 Å². The molecule has 0 atom stereocenters. The molecule has 0 saturated heterocycles. The van der Waals surface area contributed by atoms with Crippen molar-refractivity contribution in [1.29, 1.82) is 0 Å². The van der Waals surface area contributed by atoms with Crippen molar-refractivity contribution < 1.29 is 9.21 Å². The first-order valence-electron chi connectivity index (χ1n) is 9.30. The number of hydrogen-bond donors (Lipinski definition) is 1. The maximum absolute atomic E-state index is 12.6. The maximum atomic E-state index is 12.6. The van der Waals surface area contributed by atoms with E-state index in [1.54, 1.807) is 23.7 Å².